The second kappa shape index (κ2) is 5.68. The van der Waals surface area contributed by atoms with Gasteiger partial charge in [-0.25, -0.2) is 0 Å². The van der Waals surface area contributed by atoms with Crippen LogP contribution < -0.4 is 16.2 Å². The third-order valence-corrected chi connectivity index (χ3v) is 2.62. The van der Waals surface area contributed by atoms with Crippen LogP contribution in [0.4, 0.5) is 0 Å². The molecule has 0 saturated carbocycles. The standard InChI is InChI=1S/C13H20N2O2/c1-4-11(13(15)16)17-12-7-8(2)5-6-10(12)9(3)14/h5-7,9,11H,4,14H2,1-3H3,(H2,15,16)/t9-,11?/m1/s1. The first-order chi connectivity index (χ1) is 7.95. The molecule has 0 aliphatic carbocycles. The molecule has 2 atom stereocenters. The summed E-state index contributed by atoms with van der Waals surface area (Å²) in [5.41, 5.74) is 13.1. The van der Waals surface area contributed by atoms with E-state index in [0.29, 0.717) is 12.2 Å². The third-order valence-electron chi connectivity index (χ3n) is 2.62. The van der Waals surface area contributed by atoms with Crippen molar-refractivity contribution in [2.24, 2.45) is 11.5 Å². The fourth-order valence-corrected chi connectivity index (χ4v) is 1.62. The fraction of sp³-hybridized carbons (Fsp3) is 0.462. The van der Waals surface area contributed by atoms with Gasteiger partial charge < -0.3 is 16.2 Å². The third kappa shape index (κ3) is 3.46. The first-order valence-corrected chi connectivity index (χ1v) is 5.77. The molecule has 4 heteroatoms. The number of rotatable bonds is 5. The van der Waals surface area contributed by atoms with Crippen LogP contribution in [0.15, 0.2) is 18.2 Å². The lowest BCUT2D eigenvalue weighted by molar-refractivity contribution is -0.124. The second-order valence-corrected chi connectivity index (χ2v) is 4.25. The Morgan fingerprint density at radius 2 is 2.12 bits per heavy atom. The van der Waals surface area contributed by atoms with Crippen molar-refractivity contribution >= 4 is 5.91 Å². The molecule has 1 unspecified atom stereocenters. The number of hydrogen-bond donors (Lipinski definition) is 2. The zero-order valence-electron chi connectivity index (χ0n) is 10.6. The maximum Gasteiger partial charge on any atom is 0.258 e. The molecule has 0 saturated heterocycles. The molecule has 4 nitrogen and oxygen atoms in total. The van der Waals surface area contributed by atoms with Gasteiger partial charge >= 0.3 is 0 Å². The van der Waals surface area contributed by atoms with Crippen LogP contribution in [0.3, 0.4) is 0 Å². The molecular weight excluding hydrogens is 216 g/mol. The zero-order valence-corrected chi connectivity index (χ0v) is 10.6. The van der Waals surface area contributed by atoms with Gasteiger partial charge in [-0.2, -0.15) is 0 Å². The van der Waals surface area contributed by atoms with Gasteiger partial charge in [0.25, 0.3) is 5.91 Å². The lowest BCUT2D eigenvalue weighted by Crippen LogP contribution is -2.33. The summed E-state index contributed by atoms with van der Waals surface area (Å²) < 4.78 is 5.64. The summed E-state index contributed by atoms with van der Waals surface area (Å²) >= 11 is 0. The van der Waals surface area contributed by atoms with E-state index in [9.17, 15) is 4.79 Å². The van der Waals surface area contributed by atoms with E-state index in [1.54, 1.807) is 0 Å². The Bertz CT molecular complexity index is 402. The molecular formula is C13H20N2O2. The predicted molar refractivity (Wildman–Crippen MR) is 67.7 cm³/mol. The van der Waals surface area contributed by atoms with E-state index in [0.717, 1.165) is 11.1 Å². The molecule has 0 radical (unpaired) electrons. The van der Waals surface area contributed by atoms with E-state index in [2.05, 4.69) is 0 Å². The SMILES string of the molecule is CCC(Oc1cc(C)ccc1[C@@H](C)N)C(N)=O. The molecule has 0 bridgehead atoms. The second-order valence-electron chi connectivity index (χ2n) is 4.25. The smallest absolute Gasteiger partial charge is 0.258 e. The average molecular weight is 236 g/mol. The van der Waals surface area contributed by atoms with Crippen LogP contribution in [0, 0.1) is 6.92 Å². The monoisotopic (exact) mass is 236 g/mol. The first-order valence-electron chi connectivity index (χ1n) is 5.77. The van der Waals surface area contributed by atoms with Gasteiger partial charge in [-0.15, -0.1) is 0 Å². The van der Waals surface area contributed by atoms with Gasteiger partial charge in [0.2, 0.25) is 0 Å². The molecule has 0 spiro atoms. The Labute approximate surface area is 102 Å². The summed E-state index contributed by atoms with van der Waals surface area (Å²) in [6.07, 6.45) is -0.0592. The van der Waals surface area contributed by atoms with Gasteiger partial charge in [-0.3, -0.25) is 4.79 Å². The number of ether oxygens (including phenoxy) is 1. The molecule has 0 aromatic heterocycles. The van der Waals surface area contributed by atoms with Crippen molar-refractivity contribution in [1.82, 2.24) is 0 Å². The Morgan fingerprint density at radius 1 is 1.47 bits per heavy atom. The van der Waals surface area contributed by atoms with Crippen molar-refractivity contribution < 1.29 is 9.53 Å². The molecule has 1 rings (SSSR count). The highest BCUT2D eigenvalue weighted by molar-refractivity contribution is 5.79. The van der Waals surface area contributed by atoms with E-state index < -0.39 is 12.0 Å². The maximum absolute atomic E-state index is 11.2. The predicted octanol–water partition coefficient (Wildman–Crippen LogP) is 1.66. The Morgan fingerprint density at radius 3 is 2.59 bits per heavy atom. The fourth-order valence-electron chi connectivity index (χ4n) is 1.62. The summed E-state index contributed by atoms with van der Waals surface area (Å²) in [4.78, 5) is 11.2. The van der Waals surface area contributed by atoms with Crippen LogP contribution >= 0.6 is 0 Å². The quantitative estimate of drug-likeness (QED) is 0.816. The van der Waals surface area contributed by atoms with Gasteiger partial charge in [0, 0.05) is 11.6 Å². The van der Waals surface area contributed by atoms with E-state index in [1.165, 1.54) is 0 Å². The molecule has 1 amide bonds. The number of aryl methyl sites for hydroxylation is 1. The van der Waals surface area contributed by atoms with Gasteiger partial charge in [0.05, 0.1) is 0 Å². The molecule has 0 fully saturated rings. The van der Waals surface area contributed by atoms with Crippen molar-refractivity contribution in [2.75, 3.05) is 0 Å². The van der Waals surface area contributed by atoms with Crippen molar-refractivity contribution in [3.05, 3.63) is 29.3 Å². The molecule has 1 aromatic carbocycles. The van der Waals surface area contributed by atoms with Crippen molar-refractivity contribution in [1.29, 1.82) is 0 Å². The van der Waals surface area contributed by atoms with Crippen LogP contribution in [0.2, 0.25) is 0 Å². The van der Waals surface area contributed by atoms with E-state index in [1.807, 2.05) is 39.0 Å². The largest absolute Gasteiger partial charge is 0.480 e. The van der Waals surface area contributed by atoms with Crippen molar-refractivity contribution in [3.8, 4) is 5.75 Å². The number of nitrogens with two attached hydrogens (primary N) is 2. The van der Waals surface area contributed by atoms with E-state index in [-0.39, 0.29) is 6.04 Å². The Hall–Kier alpha value is -1.55. The number of amides is 1. The van der Waals surface area contributed by atoms with Crippen molar-refractivity contribution in [2.45, 2.75) is 39.3 Å². The van der Waals surface area contributed by atoms with E-state index in [4.69, 9.17) is 16.2 Å². The first kappa shape index (κ1) is 13.5. The number of hydrogen-bond acceptors (Lipinski definition) is 3. The van der Waals surface area contributed by atoms with Crippen LogP contribution in [0.5, 0.6) is 5.75 Å². The van der Waals surface area contributed by atoms with Crippen LogP contribution in [0.1, 0.15) is 37.4 Å². The van der Waals surface area contributed by atoms with Gasteiger partial charge in [0.1, 0.15) is 5.75 Å². The number of primary amides is 1. The molecule has 4 N–H and O–H groups in total. The lowest BCUT2D eigenvalue weighted by atomic mass is 10.1. The Kier molecular flexibility index (Phi) is 4.52. The minimum absolute atomic E-state index is 0.143. The molecule has 0 heterocycles. The normalized spacial score (nSPS) is 14.1. The summed E-state index contributed by atoms with van der Waals surface area (Å²) in [6.45, 7) is 5.70. The number of carbonyl (C=O) groups excluding carboxylic acids is 1. The van der Waals surface area contributed by atoms with E-state index >= 15 is 0 Å². The van der Waals surface area contributed by atoms with Crippen LogP contribution in [0.25, 0.3) is 0 Å². The topological polar surface area (TPSA) is 78.3 Å². The van der Waals surface area contributed by atoms with Crippen LogP contribution in [-0.2, 0) is 4.79 Å². The minimum Gasteiger partial charge on any atom is -0.480 e. The lowest BCUT2D eigenvalue weighted by Gasteiger charge is -2.19. The molecule has 0 aliphatic rings. The summed E-state index contributed by atoms with van der Waals surface area (Å²) in [7, 11) is 0. The highest BCUT2D eigenvalue weighted by atomic mass is 16.5. The molecule has 1 aromatic rings. The molecule has 94 valence electrons. The van der Waals surface area contributed by atoms with Crippen LogP contribution in [-0.4, -0.2) is 12.0 Å². The molecule has 17 heavy (non-hydrogen) atoms. The van der Waals surface area contributed by atoms with Crippen molar-refractivity contribution in [3.63, 3.8) is 0 Å². The summed E-state index contributed by atoms with van der Waals surface area (Å²) in [5.74, 6) is 0.190. The average Bonchev–Trinajstić information content (AvgIpc) is 2.25. The zero-order chi connectivity index (χ0) is 13.0. The van der Waals surface area contributed by atoms with Gasteiger partial charge in [0.15, 0.2) is 6.10 Å². The summed E-state index contributed by atoms with van der Waals surface area (Å²) in [6, 6.07) is 5.63. The maximum atomic E-state index is 11.2. The summed E-state index contributed by atoms with van der Waals surface area (Å²) in [5, 5.41) is 0. The Balaban J connectivity index is 3.02. The highest BCUT2D eigenvalue weighted by Crippen LogP contribution is 2.26. The number of benzene rings is 1. The van der Waals surface area contributed by atoms with Gasteiger partial charge in [-0.05, 0) is 31.9 Å². The van der Waals surface area contributed by atoms with Gasteiger partial charge in [-0.1, -0.05) is 19.1 Å². The highest BCUT2D eigenvalue weighted by Gasteiger charge is 2.17. The number of carbonyl (C=O) groups is 1. The minimum atomic E-state index is -0.603. The molecule has 0 aliphatic heterocycles.